The number of nitrogen functional groups attached to an aromatic ring is 1. The van der Waals surface area contributed by atoms with Crippen LogP contribution >= 0.6 is 11.6 Å². The second-order valence-corrected chi connectivity index (χ2v) is 5.48. The molecule has 0 bridgehead atoms. The summed E-state index contributed by atoms with van der Waals surface area (Å²) in [5.74, 6) is 4.54. The molecule has 0 saturated heterocycles. The number of nitrogens with one attached hydrogen (secondary N) is 1. The normalized spacial score (nSPS) is 10.7. The van der Waals surface area contributed by atoms with Crippen molar-refractivity contribution in [1.82, 2.24) is 9.99 Å². The zero-order valence-electron chi connectivity index (χ0n) is 12.3. The van der Waals surface area contributed by atoms with Gasteiger partial charge < -0.3 is 0 Å². The zero-order chi connectivity index (χ0) is 16.6. The molecule has 0 radical (unpaired) electrons. The van der Waals surface area contributed by atoms with Crippen LogP contribution in [0.2, 0.25) is 5.02 Å². The fourth-order valence-corrected chi connectivity index (χ4v) is 2.96. The van der Waals surface area contributed by atoms with Gasteiger partial charge in [-0.2, -0.15) is 0 Å². The summed E-state index contributed by atoms with van der Waals surface area (Å²) in [4.78, 5) is 25.0. The Kier molecular flexibility index (Phi) is 3.90. The molecule has 23 heavy (non-hydrogen) atoms. The SMILES string of the molecule is Cc1c(C(=O)NN)c2ccccc2n1C(=O)c1ccccc1Cl. The maximum atomic E-state index is 12.9. The van der Waals surface area contributed by atoms with E-state index in [2.05, 4.69) is 5.43 Å². The van der Waals surface area contributed by atoms with Crippen molar-refractivity contribution in [1.29, 1.82) is 0 Å². The molecule has 0 unspecified atom stereocenters. The van der Waals surface area contributed by atoms with Crippen molar-refractivity contribution in [3.05, 3.63) is 70.4 Å². The minimum atomic E-state index is -0.440. The minimum absolute atomic E-state index is 0.291. The molecule has 0 aliphatic heterocycles. The third kappa shape index (κ3) is 2.40. The number of aromatic nitrogens is 1. The van der Waals surface area contributed by atoms with Crippen LogP contribution in [0.3, 0.4) is 0 Å². The lowest BCUT2D eigenvalue weighted by atomic mass is 10.1. The van der Waals surface area contributed by atoms with E-state index in [1.807, 2.05) is 6.07 Å². The molecule has 1 aromatic heterocycles. The molecule has 5 nitrogen and oxygen atoms in total. The first-order valence-electron chi connectivity index (χ1n) is 6.96. The van der Waals surface area contributed by atoms with Crippen LogP contribution in [-0.4, -0.2) is 16.4 Å². The summed E-state index contributed by atoms with van der Waals surface area (Å²) in [5, 5.41) is 1.02. The maximum Gasteiger partial charge on any atom is 0.267 e. The standard InChI is InChI=1S/C17H14ClN3O2/c1-10-15(16(22)20-19)12-7-3-5-9-14(12)21(10)17(23)11-6-2-4-8-13(11)18/h2-9H,19H2,1H3,(H,20,22). The molecule has 0 saturated carbocycles. The lowest BCUT2D eigenvalue weighted by Crippen LogP contribution is -2.30. The Labute approximate surface area is 137 Å². The van der Waals surface area contributed by atoms with Gasteiger partial charge >= 0.3 is 0 Å². The lowest BCUT2D eigenvalue weighted by molar-refractivity contribution is 0.0954. The molecule has 6 heteroatoms. The highest BCUT2D eigenvalue weighted by atomic mass is 35.5. The lowest BCUT2D eigenvalue weighted by Gasteiger charge is -2.08. The molecule has 0 spiro atoms. The van der Waals surface area contributed by atoms with E-state index in [0.29, 0.717) is 32.7 Å². The number of fused-ring (bicyclic) bond motifs is 1. The van der Waals surface area contributed by atoms with Gasteiger partial charge in [-0.1, -0.05) is 41.9 Å². The summed E-state index contributed by atoms with van der Waals surface area (Å²) in [6, 6.07) is 14.0. The summed E-state index contributed by atoms with van der Waals surface area (Å²) in [6.45, 7) is 1.71. The summed E-state index contributed by atoms with van der Waals surface area (Å²) in [5.41, 5.74) is 4.03. The Morgan fingerprint density at radius 1 is 1.09 bits per heavy atom. The van der Waals surface area contributed by atoms with E-state index in [0.717, 1.165) is 0 Å². The van der Waals surface area contributed by atoms with E-state index in [-0.39, 0.29) is 5.91 Å². The second kappa shape index (κ2) is 5.87. The maximum absolute atomic E-state index is 12.9. The van der Waals surface area contributed by atoms with E-state index in [4.69, 9.17) is 17.4 Å². The van der Waals surface area contributed by atoms with E-state index in [9.17, 15) is 9.59 Å². The van der Waals surface area contributed by atoms with Gasteiger partial charge in [0, 0.05) is 11.1 Å². The van der Waals surface area contributed by atoms with Crippen LogP contribution in [0.25, 0.3) is 10.9 Å². The molecule has 3 aromatic rings. The number of benzene rings is 2. The number of para-hydroxylation sites is 1. The fourth-order valence-electron chi connectivity index (χ4n) is 2.74. The summed E-state index contributed by atoms with van der Waals surface area (Å²) in [7, 11) is 0. The first-order chi connectivity index (χ1) is 11.1. The van der Waals surface area contributed by atoms with Gasteiger partial charge in [0.05, 0.1) is 21.7 Å². The highest BCUT2D eigenvalue weighted by molar-refractivity contribution is 6.34. The topological polar surface area (TPSA) is 77.1 Å². The number of nitrogens with zero attached hydrogens (tertiary/aromatic N) is 1. The number of amides is 1. The first-order valence-corrected chi connectivity index (χ1v) is 7.34. The van der Waals surface area contributed by atoms with Crippen LogP contribution in [0, 0.1) is 6.92 Å². The Morgan fingerprint density at radius 3 is 2.43 bits per heavy atom. The van der Waals surface area contributed by atoms with Gasteiger partial charge in [0.1, 0.15) is 0 Å². The van der Waals surface area contributed by atoms with Gasteiger partial charge in [-0.3, -0.25) is 19.6 Å². The number of nitrogens with two attached hydrogens (primary N) is 1. The van der Waals surface area contributed by atoms with Crippen molar-refractivity contribution in [2.75, 3.05) is 0 Å². The number of carbonyl (C=O) groups excluding carboxylic acids is 2. The number of rotatable bonds is 2. The summed E-state index contributed by atoms with van der Waals surface area (Å²) >= 11 is 6.14. The average molecular weight is 328 g/mol. The smallest absolute Gasteiger partial charge is 0.267 e. The number of hydrazine groups is 1. The number of hydrogen-bond donors (Lipinski definition) is 2. The number of halogens is 1. The molecule has 3 rings (SSSR count). The molecule has 0 aliphatic rings. The Hall–Kier alpha value is -2.63. The third-order valence-electron chi connectivity index (χ3n) is 3.78. The van der Waals surface area contributed by atoms with Crippen LogP contribution in [0.15, 0.2) is 48.5 Å². The first kappa shape index (κ1) is 15.3. The monoisotopic (exact) mass is 327 g/mol. The molecule has 1 heterocycles. The van der Waals surface area contributed by atoms with Crippen molar-refractivity contribution >= 4 is 34.3 Å². The van der Waals surface area contributed by atoms with Gasteiger partial charge in [-0.05, 0) is 25.1 Å². The highest BCUT2D eigenvalue weighted by Crippen LogP contribution is 2.28. The predicted molar refractivity (Wildman–Crippen MR) is 89.5 cm³/mol. The quantitative estimate of drug-likeness (QED) is 0.431. The van der Waals surface area contributed by atoms with Gasteiger partial charge in [0.2, 0.25) is 0 Å². The predicted octanol–water partition coefficient (Wildman–Crippen LogP) is 2.90. The summed E-state index contributed by atoms with van der Waals surface area (Å²) < 4.78 is 1.49. The fraction of sp³-hybridized carbons (Fsp3) is 0.0588. The zero-order valence-corrected chi connectivity index (χ0v) is 13.1. The van der Waals surface area contributed by atoms with E-state index in [1.165, 1.54) is 4.57 Å². The van der Waals surface area contributed by atoms with Crippen molar-refractivity contribution < 1.29 is 9.59 Å². The largest absolute Gasteiger partial charge is 0.290 e. The highest BCUT2D eigenvalue weighted by Gasteiger charge is 2.24. The van der Waals surface area contributed by atoms with Crippen molar-refractivity contribution in [3.8, 4) is 0 Å². The van der Waals surface area contributed by atoms with Gasteiger partial charge in [-0.15, -0.1) is 0 Å². The third-order valence-corrected chi connectivity index (χ3v) is 4.11. The molecule has 0 fully saturated rings. The molecular weight excluding hydrogens is 314 g/mol. The van der Waals surface area contributed by atoms with E-state index >= 15 is 0 Å². The van der Waals surface area contributed by atoms with Crippen LogP contribution in [0.5, 0.6) is 0 Å². The van der Waals surface area contributed by atoms with Crippen molar-refractivity contribution in [3.63, 3.8) is 0 Å². The molecule has 0 atom stereocenters. The minimum Gasteiger partial charge on any atom is -0.290 e. The van der Waals surface area contributed by atoms with Gasteiger partial charge in [-0.25, -0.2) is 5.84 Å². The van der Waals surface area contributed by atoms with E-state index < -0.39 is 5.91 Å². The summed E-state index contributed by atoms with van der Waals surface area (Å²) in [6.07, 6.45) is 0. The van der Waals surface area contributed by atoms with Crippen LogP contribution in [0.4, 0.5) is 0 Å². The Morgan fingerprint density at radius 2 is 1.74 bits per heavy atom. The molecule has 2 aromatic carbocycles. The molecular formula is C17H14ClN3O2. The Balaban J connectivity index is 2.30. The molecule has 116 valence electrons. The van der Waals surface area contributed by atoms with Crippen LogP contribution in [-0.2, 0) is 0 Å². The van der Waals surface area contributed by atoms with Crippen LogP contribution < -0.4 is 11.3 Å². The van der Waals surface area contributed by atoms with Crippen molar-refractivity contribution in [2.24, 2.45) is 5.84 Å². The van der Waals surface area contributed by atoms with Gasteiger partial charge in [0.15, 0.2) is 0 Å². The van der Waals surface area contributed by atoms with Gasteiger partial charge in [0.25, 0.3) is 11.8 Å². The molecule has 0 aliphatic carbocycles. The average Bonchev–Trinajstić information content (AvgIpc) is 2.86. The van der Waals surface area contributed by atoms with Crippen LogP contribution in [0.1, 0.15) is 26.4 Å². The van der Waals surface area contributed by atoms with E-state index in [1.54, 1.807) is 49.4 Å². The number of carbonyl (C=O) groups is 2. The molecule has 1 amide bonds. The van der Waals surface area contributed by atoms with Crippen molar-refractivity contribution in [2.45, 2.75) is 6.92 Å². The Bertz CT molecular complexity index is 931. The number of hydrogen-bond acceptors (Lipinski definition) is 3. The second-order valence-electron chi connectivity index (χ2n) is 5.07. The molecule has 3 N–H and O–H groups in total.